The third-order valence-corrected chi connectivity index (χ3v) is 5.14. The Morgan fingerprint density at radius 3 is 2.35 bits per heavy atom. The lowest BCUT2D eigenvalue weighted by Gasteiger charge is -2.10. The molecule has 1 unspecified atom stereocenters. The first-order valence-electron chi connectivity index (χ1n) is 7.69. The summed E-state index contributed by atoms with van der Waals surface area (Å²) in [6.07, 6.45) is -1.06. The Bertz CT molecular complexity index is 966. The van der Waals surface area contributed by atoms with E-state index in [-0.39, 0.29) is 11.6 Å². The zero-order chi connectivity index (χ0) is 18.9. The zero-order valence-corrected chi connectivity index (χ0v) is 15.4. The number of hydrogen-bond donors (Lipinski definition) is 1. The van der Waals surface area contributed by atoms with Crippen LogP contribution in [-0.2, 0) is 29.6 Å². The number of rotatable bonds is 5. The molecular weight excluding hydrogens is 378 g/mol. The Morgan fingerprint density at radius 2 is 1.73 bits per heavy atom. The minimum atomic E-state index is -4.07. The summed E-state index contributed by atoms with van der Waals surface area (Å²) in [6.45, 7) is 1.89. The molecule has 26 heavy (non-hydrogen) atoms. The van der Waals surface area contributed by atoms with Crippen molar-refractivity contribution in [1.82, 2.24) is 0 Å². The van der Waals surface area contributed by atoms with Crippen molar-refractivity contribution in [3.05, 3.63) is 81.9 Å². The summed E-state index contributed by atoms with van der Waals surface area (Å²) in [4.78, 5) is 12.5. The van der Waals surface area contributed by atoms with Crippen molar-refractivity contribution in [3.63, 3.8) is 0 Å². The Balaban J connectivity index is 1.76. The van der Waals surface area contributed by atoms with Crippen LogP contribution in [0.3, 0.4) is 0 Å². The maximum Gasteiger partial charge on any atom is 0.313 e. The SMILES string of the molecule is Cc1ccc(CS(=O)(=O)OC2=C(N)OC(c3ccc(Cl)cc3)C2=O)cc1. The molecule has 2 aromatic rings. The fraction of sp³-hybridized carbons (Fsp3) is 0.167. The molecule has 2 aromatic carbocycles. The standard InChI is InChI=1S/C18H16ClNO5S/c1-11-2-4-12(5-3-11)10-26(22,23)25-17-15(21)16(24-18(17)20)13-6-8-14(19)9-7-13/h2-9,16H,10,20H2,1H3. The number of halogens is 1. The van der Waals surface area contributed by atoms with Gasteiger partial charge in [-0.3, -0.25) is 4.79 Å². The van der Waals surface area contributed by atoms with E-state index >= 15 is 0 Å². The third kappa shape index (κ3) is 4.00. The van der Waals surface area contributed by atoms with Crippen molar-refractivity contribution in [2.45, 2.75) is 18.8 Å². The third-order valence-electron chi connectivity index (χ3n) is 3.78. The molecule has 0 radical (unpaired) electrons. The molecule has 136 valence electrons. The van der Waals surface area contributed by atoms with Gasteiger partial charge in [0, 0.05) is 10.6 Å². The summed E-state index contributed by atoms with van der Waals surface area (Å²) < 4.78 is 34.8. The Labute approximate surface area is 156 Å². The molecule has 6 nitrogen and oxygen atoms in total. The van der Waals surface area contributed by atoms with Crippen LogP contribution in [0.5, 0.6) is 0 Å². The van der Waals surface area contributed by atoms with Gasteiger partial charge < -0.3 is 14.7 Å². The topological polar surface area (TPSA) is 95.7 Å². The quantitative estimate of drug-likeness (QED) is 0.784. The molecule has 0 amide bonds. The maximum atomic E-state index is 12.5. The maximum absolute atomic E-state index is 12.5. The second-order valence-electron chi connectivity index (χ2n) is 5.88. The van der Waals surface area contributed by atoms with Crippen LogP contribution in [0.15, 0.2) is 60.2 Å². The highest BCUT2D eigenvalue weighted by atomic mass is 35.5. The molecule has 1 aliphatic rings. The van der Waals surface area contributed by atoms with Crippen molar-refractivity contribution < 1.29 is 22.1 Å². The van der Waals surface area contributed by atoms with Crippen LogP contribution >= 0.6 is 11.6 Å². The average Bonchev–Trinajstić information content (AvgIpc) is 2.85. The number of aryl methyl sites for hydroxylation is 1. The predicted octanol–water partition coefficient (Wildman–Crippen LogP) is 2.96. The van der Waals surface area contributed by atoms with Crippen LogP contribution in [0.4, 0.5) is 0 Å². The summed E-state index contributed by atoms with van der Waals surface area (Å²) in [7, 11) is -4.07. The first kappa shape index (κ1) is 18.3. The molecular formula is C18H16ClNO5S. The summed E-state index contributed by atoms with van der Waals surface area (Å²) in [5, 5.41) is 0.497. The van der Waals surface area contributed by atoms with Gasteiger partial charge in [-0.1, -0.05) is 53.6 Å². The molecule has 2 N–H and O–H groups in total. The van der Waals surface area contributed by atoms with Crippen LogP contribution in [0, 0.1) is 6.92 Å². The van der Waals surface area contributed by atoms with Gasteiger partial charge in [-0.15, -0.1) is 0 Å². The minimum Gasteiger partial charge on any atom is -0.460 e. The molecule has 1 atom stereocenters. The molecule has 0 aliphatic carbocycles. The predicted molar refractivity (Wildman–Crippen MR) is 96.4 cm³/mol. The fourth-order valence-corrected chi connectivity index (χ4v) is 3.66. The van der Waals surface area contributed by atoms with Crippen molar-refractivity contribution in [2.75, 3.05) is 0 Å². The summed E-state index contributed by atoms with van der Waals surface area (Å²) in [6, 6.07) is 13.3. The van der Waals surface area contributed by atoms with E-state index in [9.17, 15) is 13.2 Å². The van der Waals surface area contributed by atoms with E-state index in [0.29, 0.717) is 16.1 Å². The van der Waals surface area contributed by atoms with Gasteiger partial charge in [-0.25, -0.2) is 0 Å². The normalized spacial score (nSPS) is 17.3. The van der Waals surface area contributed by atoms with Gasteiger partial charge in [-0.2, -0.15) is 8.42 Å². The van der Waals surface area contributed by atoms with Crippen LogP contribution in [0.25, 0.3) is 0 Å². The van der Waals surface area contributed by atoms with Crippen molar-refractivity contribution in [3.8, 4) is 0 Å². The van der Waals surface area contributed by atoms with Gasteiger partial charge >= 0.3 is 10.1 Å². The lowest BCUT2D eigenvalue weighted by atomic mass is 10.1. The molecule has 8 heteroatoms. The van der Waals surface area contributed by atoms with Gasteiger partial charge in [-0.05, 0) is 24.6 Å². The van der Waals surface area contributed by atoms with E-state index in [1.54, 1.807) is 48.5 Å². The molecule has 0 spiro atoms. The second-order valence-corrected chi connectivity index (χ2v) is 7.89. The number of carbonyl (C=O) groups excluding carboxylic acids is 1. The first-order valence-corrected chi connectivity index (χ1v) is 9.64. The van der Waals surface area contributed by atoms with E-state index in [1.807, 2.05) is 6.92 Å². The lowest BCUT2D eigenvalue weighted by molar-refractivity contribution is -0.123. The number of ether oxygens (including phenoxy) is 1. The monoisotopic (exact) mass is 393 g/mol. The largest absolute Gasteiger partial charge is 0.460 e. The molecule has 3 rings (SSSR count). The molecule has 1 aliphatic heterocycles. The highest BCUT2D eigenvalue weighted by Crippen LogP contribution is 2.33. The highest BCUT2D eigenvalue weighted by molar-refractivity contribution is 7.86. The van der Waals surface area contributed by atoms with E-state index < -0.39 is 27.8 Å². The highest BCUT2D eigenvalue weighted by Gasteiger charge is 2.39. The second kappa shape index (κ2) is 7.01. The minimum absolute atomic E-state index is 0.359. The zero-order valence-electron chi connectivity index (χ0n) is 13.8. The van der Waals surface area contributed by atoms with E-state index in [4.69, 9.17) is 26.3 Å². The summed E-state index contributed by atoms with van der Waals surface area (Å²) in [5.74, 6) is -1.90. The van der Waals surface area contributed by atoms with Crippen LogP contribution in [-0.4, -0.2) is 14.2 Å². The van der Waals surface area contributed by atoms with Crippen LogP contribution < -0.4 is 5.73 Å². The van der Waals surface area contributed by atoms with Gasteiger partial charge in [0.05, 0.1) is 0 Å². The number of hydrogen-bond acceptors (Lipinski definition) is 6. The Kier molecular flexibility index (Phi) is 4.93. The van der Waals surface area contributed by atoms with E-state index in [2.05, 4.69) is 0 Å². The molecule has 0 aromatic heterocycles. The number of carbonyl (C=O) groups is 1. The smallest absolute Gasteiger partial charge is 0.313 e. The number of ketones is 1. The number of benzene rings is 2. The van der Waals surface area contributed by atoms with Gasteiger partial charge in [0.15, 0.2) is 6.10 Å². The van der Waals surface area contributed by atoms with Crippen molar-refractivity contribution in [2.24, 2.45) is 5.73 Å². The van der Waals surface area contributed by atoms with Gasteiger partial charge in [0.25, 0.3) is 0 Å². The molecule has 0 saturated heterocycles. The molecule has 0 saturated carbocycles. The lowest BCUT2D eigenvalue weighted by Crippen LogP contribution is -2.16. The first-order chi connectivity index (χ1) is 12.2. The average molecular weight is 394 g/mol. The van der Waals surface area contributed by atoms with Crippen molar-refractivity contribution in [1.29, 1.82) is 0 Å². The van der Waals surface area contributed by atoms with E-state index in [0.717, 1.165) is 5.56 Å². The number of Topliss-reactive ketones (excluding diaryl/α,β-unsaturated/α-hetero) is 1. The van der Waals surface area contributed by atoms with Crippen LogP contribution in [0.2, 0.25) is 5.02 Å². The van der Waals surface area contributed by atoms with E-state index in [1.165, 1.54) is 0 Å². The number of nitrogens with two attached hydrogens (primary N) is 1. The van der Waals surface area contributed by atoms with Crippen LogP contribution in [0.1, 0.15) is 22.8 Å². The van der Waals surface area contributed by atoms with Gasteiger partial charge in [0.1, 0.15) is 5.75 Å². The van der Waals surface area contributed by atoms with Crippen molar-refractivity contribution >= 4 is 27.5 Å². The fourth-order valence-electron chi connectivity index (χ4n) is 2.46. The Morgan fingerprint density at radius 1 is 1.12 bits per heavy atom. The summed E-state index contributed by atoms with van der Waals surface area (Å²) in [5.41, 5.74) is 7.71. The summed E-state index contributed by atoms with van der Waals surface area (Å²) >= 11 is 5.82. The molecule has 0 bridgehead atoms. The Hall–Kier alpha value is -2.51. The molecule has 0 fully saturated rings. The van der Waals surface area contributed by atoms with Gasteiger partial charge in [0.2, 0.25) is 17.4 Å². The molecule has 1 heterocycles.